The number of para-hydroxylation sites is 2. The summed E-state index contributed by atoms with van der Waals surface area (Å²) in [4.78, 5) is 42.3. The van der Waals surface area contributed by atoms with Gasteiger partial charge in [-0.05, 0) is 42.7 Å². The summed E-state index contributed by atoms with van der Waals surface area (Å²) in [5.41, 5.74) is 2.99. The number of urea groups is 1. The van der Waals surface area contributed by atoms with Gasteiger partial charge in [0.1, 0.15) is 11.4 Å². The standard InChI is InChI=1S/C29H30N6O2/c1-32-25-13-6-5-12-24(25)31-26(32)21-33-17-14-29(15-18-33)27(36)34(20-23-11-7-8-16-30-23)28(37)35(29)19-22-9-3-2-4-10-22/h2-13,16H,14-15,17-21H2,1H3. The molecule has 2 fully saturated rings. The maximum absolute atomic E-state index is 13.9. The molecule has 8 nitrogen and oxygen atoms in total. The molecule has 0 aliphatic carbocycles. The number of aryl methyl sites for hydroxylation is 1. The SMILES string of the molecule is Cn1c(CN2CCC3(CC2)C(=O)N(Cc2ccccn2)C(=O)N3Cc2ccccc2)nc2ccccc21. The second kappa shape index (κ2) is 9.44. The lowest BCUT2D eigenvalue weighted by Gasteiger charge is -2.42. The van der Waals surface area contributed by atoms with Crippen LogP contribution in [0.3, 0.4) is 0 Å². The first kappa shape index (κ1) is 23.4. The average molecular weight is 495 g/mol. The summed E-state index contributed by atoms with van der Waals surface area (Å²) >= 11 is 0. The molecule has 6 rings (SSSR count). The van der Waals surface area contributed by atoms with Crippen LogP contribution in [0.4, 0.5) is 4.79 Å². The Morgan fingerprint density at radius 1 is 0.838 bits per heavy atom. The number of carbonyl (C=O) groups is 2. The van der Waals surface area contributed by atoms with Gasteiger partial charge in [-0.2, -0.15) is 0 Å². The van der Waals surface area contributed by atoms with E-state index in [0.717, 1.165) is 22.4 Å². The van der Waals surface area contributed by atoms with Gasteiger partial charge >= 0.3 is 6.03 Å². The number of pyridine rings is 1. The van der Waals surface area contributed by atoms with Crippen molar-refractivity contribution in [1.29, 1.82) is 0 Å². The summed E-state index contributed by atoms with van der Waals surface area (Å²) in [6.07, 6.45) is 2.87. The lowest BCUT2D eigenvalue weighted by atomic mass is 9.85. The van der Waals surface area contributed by atoms with E-state index in [1.54, 1.807) is 11.1 Å². The summed E-state index contributed by atoms with van der Waals surface area (Å²) in [5.74, 6) is 0.894. The lowest BCUT2D eigenvalue weighted by Crippen LogP contribution is -2.56. The predicted octanol–water partition coefficient (Wildman–Crippen LogP) is 3.97. The molecule has 2 saturated heterocycles. The fourth-order valence-corrected chi connectivity index (χ4v) is 5.66. The Bertz CT molecular complexity index is 1430. The van der Waals surface area contributed by atoms with E-state index in [2.05, 4.69) is 20.5 Å². The van der Waals surface area contributed by atoms with Gasteiger partial charge in [-0.3, -0.25) is 19.6 Å². The Hall–Kier alpha value is -4.04. The molecule has 37 heavy (non-hydrogen) atoms. The molecule has 188 valence electrons. The summed E-state index contributed by atoms with van der Waals surface area (Å²) in [5, 5.41) is 0. The Morgan fingerprint density at radius 3 is 2.30 bits per heavy atom. The van der Waals surface area contributed by atoms with E-state index in [0.29, 0.717) is 44.7 Å². The van der Waals surface area contributed by atoms with Crippen LogP contribution in [-0.2, 0) is 31.5 Å². The van der Waals surface area contributed by atoms with Crippen LogP contribution in [0.1, 0.15) is 29.9 Å². The first-order chi connectivity index (χ1) is 18.0. The second-order valence-electron chi connectivity index (χ2n) is 9.95. The molecule has 0 N–H and O–H groups in total. The highest BCUT2D eigenvalue weighted by atomic mass is 16.2. The number of imidazole rings is 1. The zero-order valence-corrected chi connectivity index (χ0v) is 21.0. The number of nitrogens with zero attached hydrogens (tertiary/aromatic N) is 6. The van der Waals surface area contributed by atoms with E-state index in [1.807, 2.05) is 73.8 Å². The maximum atomic E-state index is 13.9. The zero-order chi connectivity index (χ0) is 25.4. The molecule has 4 heterocycles. The molecular formula is C29H30N6O2. The number of hydrogen-bond acceptors (Lipinski definition) is 5. The predicted molar refractivity (Wildman–Crippen MR) is 140 cm³/mol. The van der Waals surface area contributed by atoms with Crippen molar-refractivity contribution in [2.24, 2.45) is 7.05 Å². The van der Waals surface area contributed by atoms with Gasteiger partial charge in [-0.15, -0.1) is 0 Å². The summed E-state index contributed by atoms with van der Waals surface area (Å²) in [6, 6.07) is 23.4. The Morgan fingerprint density at radius 2 is 1.57 bits per heavy atom. The van der Waals surface area contributed by atoms with Gasteiger partial charge in [0, 0.05) is 32.9 Å². The first-order valence-electron chi connectivity index (χ1n) is 12.8. The third-order valence-corrected chi connectivity index (χ3v) is 7.78. The van der Waals surface area contributed by atoms with Crippen LogP contribution in [0.25, 0.3) is 11.0 Å². The zero-order valence-electron chi connectivity index (χ0n) is 21.0. The molecule has 0 bridgehead atoms. The number of carbonyl (C=O) groups excluding carboxylic acids is 2. The van der Waals surface area contributed by atoms with Crippen molar-refractivity contribution in [1.82, 2.24) is 29.2 Å². The minimum absolute atomic E-state index is 0.110. The number of amides is 3. The Labute approximate surface area is 216 Å². The number of aromatic nitrogens is 3. The first-order valence-corrected chi connectivity index (χ1v) is 12.8. The van der Waals surface area contributed by atoms with Crippen LogP contribution in [0.5, 0.6) is 0 Å². The van der Waals surface area contributed by atoms with Crippen LogP contribution in [0, 0.1) is 0 Å². The number of rotatable bonds is 6. The molecule has 2 aromatic heterocycles. The van der Waals surface area contributed by atoms with Crippen molar-refractivity contribution in [3.8, 4) is 0 Å². The topological polar surface area (TPSA) is 74.6 Å². The normalized spacial score (nSPS) is 17.9. The molecule has 2 aliphatic rings. The van der Waals surface area contributed by atoms with Crippen molar-refractivity contribution < 1.29 is 9.59 Å². The van der Waals surface area contributed by atoms with E-state index in [-0.39, 0.29) is 18.5 Å². The molecule has 2 aromatic carbocycles. The molecule has 2 aliphatic heterocycles. The van der Waals surface area contributed by atoms with Crippen molar-refractivity contribution >= 4 is 23.0 Å². The Kier molecular flexibility index (Phi) is 5.96. The van der Waals surface area contributed by atoms with E-state index < -0.39 is 5.54 Å². The monoisotopic (exact) mass is 494 g/mol. The molecule has 0 radical (unpaired) electrons. The molecule has 8 heteroatoms. The highest BCUT2D eigenvalue weighted by molar-refractivity contribution is 6.07. The van der Waals surface area contributed by atoms with Gasteiger partial charge in [0.05, 0.1) is 29.8 Å². The highest BCUT2D eigenvalue weighted by Crippen LogP contribution is 2.39. The number of imide groups is 1. The fraction of sp³-hybridized carbons (Fsp3) is 0.310. The Balaban J connectivity index is 1.24. The molecular weight excluding hydrogens is 464 g/mol. The van der Waals surface area contributed by atoms with Crippen molar-refractivity contribution in [3.63, 3.8) is 0 Å². The molecule has 0 unspecified atom stereocenters. The van der Waals surface area contributed by atoms with Crippen LogP contribution in [0.2, 0.25) is 0 Å². The third-order valence-electron chi connectivity index (χ3n) is 7.78. The van der Waals surface area contributed by atoms with Crippen LogP contribution in [0.15, 0.2) is 79.0 Å². The van der Waals surface area contributed by atoms with Crippen molar-refractivity contribution in [2.75, 3.05) is 13.1 Å². The molecule has 4 aromatic rings. The molecule has 3 amide bonds. The summed E-state index contributed by atoms with van der Waals surface area (Å²) in [7, 11) is 2.05. The van der Waals surface area contributed by atoms with Crippen LogP contribution < -0.4 is 0 Å². The number of benzene rings is 2. The average Bonchev–Trinajstić information content (AvgIpc) is 3.34. The lowest BCUT2D eigenvalue weighted by molar-refractivity contribution is -0.136. The largest absolute Gasteiger partial charge is 0.330 e. The van der Waals surface area contributed by atoms with Gasteiger partial charge < -0.3 is 9.47 Å². The van der Waals surface area contributed by atoms with Crippen LogP contribution >= 0.6 is 0 Å². The van der Waals surface area contributed by atoms with E-state index in [9.17, 15) is 9.59 Å². The van der Waals surface area contributed by atoms with Crippen molar-refractivity contribution in [2.45, 2.75) is 38.0 Å². The molecule has 0 saturated carbocycles. The number of likely N-dealkylation sites (tertiary alicyclic amines) is 1. The quantitative estimate of drug-likeness (QED) is 0.379. The van der Waals surface area contributed by atoms with Gasteiger partial charge in [-0.25, -0.2) is 9.78 Å². The summed E-state index contributed by atoms with van der Waals surface area (Å²) < 4.78 is 2.14. The van der Waals surface area contributed by atoms with Gasteiger partial charge in [0.2, 0.25) is 0 Å². The smallest absolute Gasteiger partial charge is 0.328 e. The minimum atomic E-state index is -0.843. The minimum Gasteiger partial charge on any atom is -0.330 e. The molecule has 1 spiro atoms. The van der Waals surface area contributed by atoms with E-state index in [1.165, 1.54) is 4.90 Å². The van der Waals surface area contributed by atoms with Crippen LogP contribution in [-0.4, -0.2) is 59.8 Å². The number of hydrogen-bond donors (Lipinski definition) is 0. The van der Waals surface area contributed by atoms with Crippen molar-refractivity contribution in [3.05, 3.63) is 96.1 Å². The second-order valence-corrected chi connectivity index (χ2v) is 9.95. The summed E-state index contributed by atoms with van der Waals surface area (Å²) in [6.45, 7) is 2.74. The van der Waals surface area contributed by atoms with Gasteiger partial charge in [0.25, 0.3) is 5.91 Å². The number of fused-ring (bicyclic) bond motifs is 1. The fourth-order valence-electron chi connectivity index (χ4n) is 5.66. The van der Waals surface area contributed by atoms with Gasteiger partial charge in [-0.1, -0.05) is 48.5 Å². The highest BCUT2D eigenvalue weighted by Gasteiger charge is 2.57. The maximum Gasteiger partial charge on any atom is 0.328 e. The molecule has 0 atom stereocenters. The van der Waals surface area contributed by atoms with E-state index >= 15 is 0 Å². The van der Waals surface area contributed by atoms with Gasteiger partial charge in [0.15, 0.2) is 0 Å². The van der Waals surface area contributed by atoms with E-state index in [4.69, 9.17) is 4.98 Å². The number of piperidine rings is 1. The third kappa shape index (κ3) is 4.17.